The van der Waals surface area contributed by atoms with Gasteiger partial charge >= 0.3 is 0 Å². The number of fused-ring (bicyclic) bond motifs is 1. The second-order valence-corrected chi connectivity index (χ2v) is 5.25. The van der Waals surface area contributed by atoms with Gasteiger partial charge in [0.05, 0.1) is 11.2 Å². The van der Waals surface area contributed by atoms with Gasteiger partial charge in [-0.05, 0) is 38.0 Å². The monoisotopic (exact) mass is 249 g/mol. The Balaban J connectivity index is 1.89. The lowest BCUT2D eigenvalue weighted by atomic mass is 10.2. The van der Waals surface area contributed by atoms with Gasteiger partial charge in [-0.15, -0.1) is 0 Å². The molecular weight excluding hydrogens is 234 g/mol. The molecule has 1 aliphatic rings. The zero-order chi connectivity index (χ0) is 12.8. The van der Waals surface area contributed by atoms with Gasteiger partial charge in [0.15, 0.2) is 0 Å². The summed E-state index contributed by atoms with van der Waals surface area (Å²) in [5.74, 6) is 0.671. The molecule has 0 atom stereocenters. The molecule has 19 heavy (non-hydrogen) atoms. The number of benzene rings is 1. The van der Waals surface area contributed by atoms with Gasteiger partial charge in [0.2, 0.25) is 0 Å². The normalized spacial score (nSPS) is 15.0. The molecule has 0 N–H and O–H groups in total. The fraction of sp³-hybridized carbons (Fsp3) is 0.250. The van der Waals surface area contributed by atoms with Crippen LogP contribution < -0.4 is 0 Å². The highest BCUT2D eigenvalue weighted by Crippen LogP contribution is 2.40. The number of aromatic nitrogens is 3. The molecule has 3 heteroatoms. The lowest BCUT2D eigenvalue weighted by Crippen LogP contribution is -1.92. The standard InChI is InChI=1S/C16H15N3/c1-11-14-10-19(13-5-3-2-4-6-13)18-16(14)9-15(17-11)12-7-8-12/h2-6,9-10,12H,7-8H2,1H3. The van der Waals surface area contributed by atoms with Crippen LogP contribution in [0.25, 0.3) is 16.6 Å². The maximum atomic E-state index is 4.72. The van der Waals surface area contributed by atoms with Crippen molar-refractivity contribution in [2.24, 2.45) is 0 Å². The Labute approximate surface area is 111 Å². The van der Waals surface area contributed by atoms with E-state index in [1.54, 1.807) is 0 Å². The highest BCUT2D eigenvalue weighted by Gasteiger charge is 2.26. The molecular formula is C16H15N3. The number of pyridine rings is 1. The smallest absolute Gasteiger partial charge is 0.0964 e. The van der Waals surface area contributed by atoms with Gasteiger partial charge in [-0.2, -0.15) is 5.10 Å². The highest BCUT2D eigenvalue weighted by molar-refractivity contribution is 5.81. The van der Waals surface area contributed by atoms with E-state index in [0.717, 1.165) is 22.3 Å². The average Bonchev–Trinajstić information content (AvgIpc) is 3.19. The fourth-order valence-corrected chi connectivity index (χ4v) is 2.50. The molecule has 0 spiro atoms. The van der Waals surface area contributed by atoms with Gasteiger partial charge in [-0.25, -0.2) is 4.68 Å². The molecule has 2 aromatic heterocycles. The SMILES string of the molecule is Cc1nc(C2CC2)cc2nn(-c3ccccc3)cc12. The number of hydrogen-bond acceptors (Lipinski definition) is 2. The Morgan fingerprint density at radius 1 is 1.16 bits per heavy atom. The Bertz CT molecular complexity index is 739. The van der Waals surface area contributed by atoms with E-state index < -0.39 is 0 Å². The molecule has 0 saturated heterocycles. The van der Waals surface area contributed by atoms with E-state index in [1.165, 1.54) is 18.5 Å². The van der Waals surface area contributed by atoms with Gasteiger partial charge in [0, 0.05) is 28.9 Å². The molecule has 0 aliphatic heterocycles. The van der Waals surface area contributed by atoms with Crippen LogP contribution in [0.2, 0.25) is 0 Å². The topological polar surface area (TPSA) is 30.7 Å². The fourth-order valence-electron chi connectivity index (χ4n) is 2.50. The molecule has 1 saturated carbocycles. The first-order valence-electron chi connectivity index (χ1n) is 6.73. The van der Waals surface area contributed by atoms with E-state index >= 15 is 0 Å². The van der Waals surface area contributed by atoms with Crippen molar-refractivity contribution in [1.82, 2.24) is 14.8 Å². The number of rotatable bonds is 2. The third kappa shape index (κ3) is 1.82. The van der Waals surface area contributed by atoms with Crippen molar-refractivity contribution in [3.63, 3.8) is 0 Å². The van der Waals surface area contributed by atoms with Crippen LogP contribution in [-0.4, -0.2) is 14.8 Å². The van der Waals surface area contributed by atoms with Crippen LogP contribution in [0.5, 0.6) is 0 Å². The minimum absolute atomic E-state index is 0.671. The quantitative estimate of drug-likeness (QED) is 0.694. The van der Waals surface area contributed by atoms with Crippen molar-refractivity contribution in [3.8, 4) is 5.69 Å². The van der Waals surface area contributed by atoms with E-state index in [4.69, 9.17) is 10.1 Å². The summed E-state index contributed by atoms with van der Waals surface area (Å²) in [6.07, 6.45) is 4.62. The summed E-state index contributed by atoms with van der Waals surface area (Å²) >= 11 is 0. The van der Waals surface area contributed by atoms with E-state index in [9.17, 15) is 0 Å². The maximum absolute atomic E-state index is 4.72. The predicted molar refractivity (Wildman–Crippen MR) is 75.6 cm³/mol. The van der Waals surface area contributed by atoms with Crippen molar-refractivity contribution < 1.29 is 0 Å². The molecule has 0 unspecified atom stereocenters. The molecule has 2 heterocycles. The summed E-state index contributed by atoms with van der Waals surface area (Å²) in [4.78, 5) is 4.72. The molecule has 1 aromatic carbocycles. The van der Waals surface area contributed by atoms with Crippen molar-refractivity contribution in [2.45, 2.75) is 25.7 Å². The van der Waals surface area contributed by atoms with Crippen LogP contribution in [0.4, 0.5) is 0 Å². The van der Waals surface area contributed by atoms with Gasteiger partial charge in [0.1, 0.15) is 0 Å². The first-order chi connectivity index (χ1) is 9.31. The second-order valence-electron chi connectivity index (χ2n) is 5.25. The van der Waals surface area contributed by atoms with Crippen LogP contribution in [0.3, 0.4) is 0 Å². The summed E-state index contributed by atoms with van der Waals surface area (Å²) in [7, 11) is 0. The Kier molecular flexibility index (Phi) is 2.21. The minimum Gasteiger partial charge on any atom is -0.257 e. The van der Waals surface area contributed by atoms with Gasteiger partial charge < -0.3 is 0 Å². The third-order valence-electron chi connectivity index (χ3n) is 3.73. The molecule has 0 bridgehead atoms. The molecule has 1 fully saturated rings. The number of aryl methyl sites for hydroxylation is 1. The van der Waals surface area contributed by atoms with Crippen LogP contribution in [0, 0.1) is 6.92 Å². The molecule has 3 aromatic rings. The van der Waals surface area contributed by atoms with Crippen LogP contribution in [0.1, 0.15) is 30.1 Å². The van der Waals surface area contributed by atoms with Crippen LogP contribution >= 0.6 is 0 Å². The largest absolute Gasteiger partial charge is 0.257 e. The molecule has 1 aliphatic carbocycles. The van der Waals surface area contributed by atoms with Crippen molar-refractivity contribution in [1.29, 1.82) is 0 Å². The summed E-state index contributed by atoms with van der Waals surface area (Å²) < 4.78 is 1.94. The lowest BCUT2D eigenvalue weighted by Gasteiger charge is -1.99. The van der Waals surface area contributed by atoms with E-state index in [0.29, 0.717) is 5.92 Å². The number of nitrogens with zero attached hydrogens (tertiary/aromatic N) is 3. The summed E-state index contributed by atoms with van der Waals surface area (Å²) in [5, 5.41) is 5.84. The average molecular weight is 249 g/mol. The van der Waals surface area contributed by atoms with Crippen molar-refractivity contribution >= 4 is 10.9 Å². The lowest BCUT2D eigenvalue weighted by molar-refractivity contribution is 0.895. The second kappa shape index (κ2) is 3.92. The van der Waals surface area contributed by atoms with E-state index in [2.05, 4.69) is 31.3 Å². The summed E-state index contributed by atoms with van der Waals surface area (Å²) in [5.41, 5.74) is 4.44. The van der Waals surface area contributed by atoms with Gasteiger partial charge in [-0.3, -0.25) is 4.98 Å². The van der Waals surface area contributed by atoms with Crippen molar-refractivity contribution in [2.75, 3.05) is 0 Å². The first-order valence-corrected chi connectivity index (χ1v) is 6.73. The number of hydrogen-bond donors (Lipinski definition) is 0. The predicted octanol–water partition coefficient (Wildman–Crippen LogP) is 3.61. The van der Waals surface area contributed by atoms with Crippen LogP contribution in [0.15, 0.2) is 42.6 Å². The van der Waals surface area contributed by atoms with Crippen molar-refractivity contribution in [3.05, 3.63) is 54.0 Å². The summed E-state index contributed by atoms with van der Waals surface area (Å²) in [6, 6.07) is 12.4. The maximum Gasteiger partial charge on any atom is 0.0964 e. The van der Waals surface area contributed by atoms with Gasteiger partial charge in [0.25, 0.3) is 0 Å². The number of para-hydroxylation sites is 1. The summed E-state index contributed by atoms with van der Waals surface area (Å²) in [6.45, 7) is 2.07. The molecule has 94 valence electrons. The molecule has 0 radical (unpaired) electrons. The first kappa shape index (κ1) is 10.7. The van der Waals surface area contributed by atoms with Crippen LogP contribution in [-0.2, 0) is 0 Å². The van der Waals surface area contributed by atoms with E-state index in [-0.39, 0.29) is 0 Å². The zero-order valence-electron chi connectivity index (χ0n) is 10.9. The highest BCUT2D eigenvalue weighted by atomic mass is 15.3. The Morgan fingerprint density at radius 3 is 2.68 bits per heavy atom. The molecule has 3 nitrogen and oxygen atoms in total. The Morgan fingerprint density at radius 2 is 1.95 bits per heavy atom. The van der Waals surface area contributed by atoms with E-state index in [1.807, 2.05) is 22.9 Å². The molecule has 4 rings (SSSR count). The zero-order valence-corrected chi connectivity index (χ0v) is 10.9. The molecule has 0 amide bonds. The van der Waals surface area contributed by atoms with Gasteiger partial charge in [-0.1, -0.05) is 18.2 Å². The Hall–Kier alpha value is -2.16. The third-order valence-corrected chi connectivity index (χ3v) is 3.73. The minimum atomic E-state index is 0.671.